The summed E-state index contributed by atoms with van der Waals surface area (Å²) in [5.74, 6) is 0. The first kappa shape index (κ1) is 13.9. The van der Waals surface area contributed by atoms with E-state index in [1.165, 1.54) is 0 Å². The van der Waals surface area contributed by atoms with E-state index in [9.17, 15) is 4.79 Å². The SMILES string of the molecule is COCCNCCCn1c(C)cc(C)nc1=O. The van der Waals surface area contributed by atoms with Crippen molar-refractivity contribution in [3.05, 3.63) is 27.9 Å². The smallest absolute Gasteiger partial charge is 0.347 e. The lowest BCUT2D eigenvalue weighted by Gasteiger charge is -2.09. The van der Waals surface area contributed by atoms with Crippen molar-refractivity contribution in [2.24, 2.45) is 0 Å². The summed E-state index contributed by atoms with van der Waals surface area (Å²) < 4.78 is 6.64. The predicted octanol–water partition coefficient (Wildman–Crippen LogP) is 0.486. The Hall–Kier alpha value is -1.20. The lowest BCUT2D eigenvalue weighted by atomic mass is 10.3. The fourth-order valence-electron chi connectivity index (χ4n) is 1.71. The summed E-state index contributed by atoms with van der Waals surface area (Å²) in [6.45, 7) is 6.92. The van der Waals surface area contributed by atoms with Crippen LogP contribution in [0.4, 0.5) is 0 Å². The second-order valence-electron chi connectivity index (χ2n) is 4.07. The summed E-state index contributed by atoms with van der Waals surface area (Å²) in [7, 11) is 1.68. The van der Waals surface area contributed by atoms with Crippen LogP contribution in [0.25, 0.3) is 0 Å². The zero-order valence-electron chi connectivity index (χ0n) is 10.8. The van der Waals surface area contributed by atoms with Crippen molar-refractivity contribution in [3.8, 4) is 0 Å². The third-order valence-corrected chi connectivity index (χ3v) is 2.56. The molecule has 17 heavy (non-hydrogen) atoms. The number of ether oxygens (including phenoxy) is 1. The van der Waals surface area contributed by atoms with Gasteiger partial charge in [0, 0.05) is 31.6 Å². The van der Waals surface area contributed by atoms with Gasteiger partial charge < -0.3 is 10.1 Å². The fraction of sp³-hybridized carbons (Fsp3) is 0.667. The average Bonchev–Trinajstić information content (AvgIpc) is 2.26. The molecule has 0 saturated carbocycles. The fourth-order valence-corrected chi connectivity index (χ4v) is 1.71. The Morgan fingerprint density at radius 2 is 2.18 bits per heavy atom. The second-order valence-corrected chi connectivity index (χ2v) is 4.07. The zero-order valence-corrected chi connectivity index (χ0v) is 10.8. The van der Waals surface area contributed by atoms with Gasteiger partial charge in [0.05, 0.1) is 6.61 Å². The standard InChI is InChI=1S/C12H21N3O2/c1-10-9-11(2)15(12(16)14-10)7-4-5-13-6-8-17-3/h9,13H,4-8H2,1-3H3. The van der Waals surface area contributed by atoms with Gasteiger partial charge in [-0.25, -0.2) is 4.79 Å². The lowest BCUT2D eigenvalue weighted by molar-refractivity contribution is 0.199. The number of hydrogen-bond donors (Lipinski definition) is 1. The molecule has 1 heterocycles. The number of nitrogens with zero attached hydrogens (tertiary/aromatic N) is 2. The minimum Gasteiger partial charge on any atom is -0.383 e. The maximum Gasteiger partial charge on any atom is 0.347 e. The molecule has 0 spiro atoms. The molecule has 0 amide bonds. The number of hydrogen-bond acceptors (Lipinski definition) is 4. The number of aryl methyl sites for hydroxylation is 2. The van der Waals surface area contributed by atoms with E-state index in [0.29, 0.717) is 13.2 Å². The Balaban J connectivity index is 2.39. The molecular formula is C12H21N3O2. The van der Waals surface area contributed by atoms with Gasteiger partial charge in [-0.1, -0.05) is 0 Å². The Labute approximate surface area is 102 Å². The van der Waals surface area contributed by atoms with Gasteiger partial charge in [0.2, 0.25) is 0 Å². The largest absolute Gasteiger partial charge is 0.383 e. The van der Waals surface area contributed by atoms with Crippen molar-refractivity contribution in [2.75, 3.05) is 26.8 Å². The van der Waals surface area contributed by atoms with Gasteiger partial charge >= 0.3 is 5.69 Å². The van der Waals surface area contributed by atoms with Crippen LogP contribution in [0.3, 0.4) is 0 Å². The highest BCUT2D eigenvalue weighted by Crippen LogP contribution is 1.97. The van der Waals surface area contributed by atoms with Crippen molar-refractivity contribution in [1.29, 1.82) is 0 Å². The Kier molecular flexibility index (Phi) is 5.86. The first-order valence-corrected chi connectivity index (χ1v) is 5.90. The van der Waals surface area contributed by atoms with E-state index in [1.807, 2.05) is 19.9 Å². The van der Waals surface area contributed by atoms with Gasteiger partial charge in [-0.15, -0.1) is 0 Å². The predicted molar refractivity (Wildman–Crippen MR) is 67.3 cm³/mol. The van der Waals surface area contributed by atoms with Crippen LogP contribution in [0, 0.1) is 13.8 Å². The van der Waals surface area contributed by atoms with E-state index in [1.54, 1.807) is 11.7 Å². The van der Waals surface area contributed by atoms with Crippen LogP contribution >= 0.6 is 0 Å². The minimum absolute atomic E-state index is 0.153. The highest BCUT2D eigenvalue weighted by atomic mass is 16.5. The molecule has 0 aliphatic rings. The Morgan fingerprint density at radius 3 is 2.82 bits per heavy atom. The molecule has 96 valence electrons. The molecule has 0 fully saturated rings. The van der Waals surface area contributed by atoms with Crippen LogP contribution in [-0.2, 0) is 11.3 Å². The first-order chi connectivity index (χ1) is 8.15. The summed E-state index contributed by atoms with van der Waals surface area (Å²) in [5.41, 5.74) is 1.60. The molecule has 0 radical (unpaired) electrons. The van der Waals surface area contributed by atoms with Crippen LogP contribution in [-0.4, -0.2) is 36.4 Å². The third-order valence-electron chi connectivity index (χ3n) is 2.56. The molecule has 0 aromatic carbocycles. The summed E-state index contributed by atoms with van der Waals surface area (Å²) in [5, 5.41) is 3.25. The van der Waals surface area contributed by atoms with Crippen LogP contribution in [0.15, 0.2) is 10.9 Å². The topological polar surface area (TPSA) is 56.1 Å². The van der Waals surface area contributed by atoms with E-state index < -0.39 is 0 Å². The van der Waals surface area contributed by atoms with Gasteiger partial charge in [0.15, 0.2) is 0 Å². The molecular weight excluding hydrogens is 218 g/mol. The zero-order chi connectivity index (χ0) is 12.7. The molecule has 0 saturated heterocycles. The first-order valence-electron chi connectivity index (χ1n) is 5.90. The molecule has 1 N–H and O–H groups in total. The van der Waals surface area contributed by atoms with Crippen molar-refractivity contribution < 1.29 is 4.74 Å². The molecule has 0 unspecified atom stereocenters. The minimum atomic E-state index is -0.153. The van der Waals surface area contributed by atoms with Crippen molar-refractivity contribution in [3.63, 3.8) is 0 Å². The number of nitrogens with one attached hydrogen (secondary N) is 1. The quantitative estimate of drug-likeness (QED) is 0.703. The average molecular weight is 239 g/mol. The van der Waals surface area contributed by atoms with E-state index in [-0.39, 0.29) is 5.69 Å². The van der Waals surface area contributed by atoms with E-state index in [2.05, 4.69) is 10.3 Å². The molecule has 1 aromatic heterocycles. The maximum absolute atomic E-state index is 11.6. The van der Waals surface area contributed by atoms with Crippen molar-refractivity contribution in [2.45, 2.75) is 26.8 Å². The van der Waals surface area contributed by atoms with Crippen molar-refractivity contribution in [1.82, 2.24) is 14.9 Å². The molecule has 1 aromatic rings. The summed E-state index contributed by atoms with van der Waals surface area (Å²) in [4.78, 5) is 15.6. The molecule has 0 aliphatic carbocycles. The number of aromatic nitrogens is 2. The molecule has 5 heteroatoms. The van der Waals surface area contributed by atoms with E-state index in [4.69, 9.17) is 4.74 Å². The molecule has 0 bridgehead atoms. The van der Waals surface area contributed by atoms with Gasteiger partial charge in [0.1, 0.15) is 0 Å². The molecule has 1 rings (SSSR count). The van der Waals surface area contributed by atoms with Gasteiger partial charge in [-0.05, 0) is 32.9 Å². The summed E-state index contributed by atoms with van der Waals surface area (Å²) >= 11 is 0. The molecule has 0 atom stereocenters. The van der Waals surface area contributed by atoms with Gasteiger partial charge in [0.25, 0.3) is 0 Å². The normalized spacial score (nSPS) is 10.8. The van der Waals surface area contributed by atoms with Gasteiger partial charge in [-0.2, -0.15) is 4.98 Å². The van der Waals surface area contributed by atoms with Crippen LogP contribution < -0.4 is 11.0 Å². The summed E-state index contributed by atoms with van der Waals surface area (Å²) in [6, 6.07) is 1.93. The van der Waals surface area contributed by atoms with Crippen LogP contribution in [0.2, 0.25) is 0 Å². The molecule has 0 aliphatic heterocycles. The third kappa shape index (κ3) is 4.66. The van der Waals surface area contributed by atoms with Gasteiger partial charge in [-0.3, -0.25) is 4.57 Å². The highest BCUT2D eigenvalue weighted by molar-refractivity contribution is 5.06. The van der Waals surface area contributed by atoms with E-state index >= 15 is 0 Å². The Bertz CT molecular complexity index is 401. The van der Waals surface area contributed by atoms with Crippen LogP contribution in [0.5, 0.6) is 0 Å². The van der Waals surface area contributed by atoms with E-state index in [0.717, 1.165) is 30.9 Å². The summed E-state index contributed by atoms with van der Waals surface area (Å²) in [6.07, 6.45) is 0.912. The van der Waals surface area contributed by atoms with Crippen molar-refractivity contribution >= 4 is 0 Å². The van der Waals surface area contributed by atoms with Crippen LogP contribution in [0.1, 0.15) is 17.8 Å². The number of methoxy groups -OCH3 is 1. The lowest BCUT2D eigenvalue weighted by Crippen LogP contribution is -2.28. The monoisotopic (exact) mass is 239 g/mol. The highest BCUT2D eigenvalue weighted by Gasteiger charge is 2.01. The second kappa shape index (κ2) is 7.19. The number of rotatable bonds is 7. The molecule has 5 nitrogen and oxygen atoms in total. The maximum atomic E-state index is 11.6. The Morgan fingerprint density at radius 1 is 1.41 bits per heavy atom.